The van der Waals surface area contributed by atoms with Gasteiger partial charge in [0.15, 0.2) is 6.10 Å². The molecule has 1 aromatic rings. The average Bonchev–Trinajstić information content (AvgIpc) is 3.05. The summed E-state index contributed by atoms with van der Waals surface area (Å²) in [5.41, 5.74) is 1.07. The second kappa shape index (κ2) is 9.67. The third kappa shape index (κ3) is 5.65. The van der Waals surface area contributed by atoms with Crippen LogP contribution in [0.1, 0.15) is 67.8 Å². The van der Waals surface area contributed by atoms with Gasteiger partial charge in [0.25, 0.3) is 5.91 Å². The normalized spacial score (nSPS) is 18.6. The average molecular weight is 400 g/mol. The molecule has 0 radical (unpaired) electrons. The number of hydrogen-bond acceptors (Lipinski definition) is 5. The first kappa shape index (κ1) is 21.0. The van der Waals surface area contributed by atoms with Crippen LogP contribution in [-0.4, -0.2) is 41.2 Å². The van der Waals surface area contributed by atoms with Crippen LogP contribution >= 0.6 is 0 Å². The predicted molar refractivity (Wildman–Crippen MR) is 106 cm³/mol. The Morgan fingerprint density at radius 3 is 2.31 bits per heavy atom. The number of esters is 1. The van der Waals surface area contributed by atoms with Crippen LogP contribution in [0.2, 0.25) is 0 Å². The molecule has 2 aliphatic rings. The van der Waals surface area contributed by atoms with Gasteiger partial charge in [-0.25, -0.2) is 4.79 Å². The minimum Gasteiger partial charge on any atom is -0.449 e. The third-order valence-electron chi connectivity index (χ3n) is 5.63. The number of hydrogen-bond donors (Lipinski definition) is 1. The summed E-state index contributed by atoms with van der Waals surface area (Å²) in [5, 5.41) is 2.88. The van der Waals surface area contributed by atoms with Crippen LogP contribution in [0.25, 0.3) is 0 Å². The second-order valence-electron chi connectivity index (χ2n) is 7.87. The molecular weight excluding hydrogens is 372 g/mol. The fraction of sp³-hybridized carbons (Fsp3) is 0.545. The van der Waals surface area contributed by atoms with E-state index in [0.717, 1.165) is 18.4 Å². The molecule has 0 aromatic heterocycles. The van der Waals surface area contributed by atoms with Gasteiger partial charge in [0.1, 0.15) is 0 Å². The Balaban J connectivity index is 1.47. The van der Waals surface area contributed by atoms with E-state index in [1.165, 1.54) is 24.2 Å². The van der Waals surface area contributed by atoms with E-state index in [-0.39, 0.29) is 37.1 Å². The Morgan fingerprint density at radius 2 is 1.69 bits per heavy atom. The Hall–Kier alpha value is -2.70. The largest absolute Gasteiger partial charge is 0.449 e. The third-order valence-corrected chi connectivity index (χ3v) is 5.63. The van der Waals surface area contributed by atoms with Crippen LogP contribution in [0, 0.1) is 5.92 Å². The van der Waals surface area contributed by atoms with Gasteiger partial charge >= 0.3 is 5.97 Å². The minimum atomic E-state index is -0.870. The lowest BCUT2D eigenvalue weighted by Crippen LogP contribution is -2.38. The van der Waals surface area contributed by atoms with Gasteiger partial charge in [-0.15, -0.1) is 0 Å². The molecule has 0 bridgehead atoms. The zero-order valence-corrected chi connectivity index (χ0v) is 16.8. The molecule has 2 fully saturated rings. The number of carbonyl (C=O) groups excluding carboxylic acids is 4. The first-order valence-corrected chi connectivity index (χ1v) is 10.3. The van der Waals surface area contributed by atoms with Crippen molar-refractivity contribution in [2.75, 3.05) is 6.54 Å². The molecule has 0 spiro atoms. The predicted octanol–water partition coefficient (Wildman–Crippen LogP) is 2.58. The number of carbonyl (C=O) groups is 4. The van der Waals surface area contributed by atoms with Gasteiger partial charge in [-0.2, -0.15) is 0 Å². The minimum absolute atomic E-state index is 0.174. The Bertz CT molecular complexity index is 752. The first-order valence-electron chi connectivity index (χ1n) is 10.3. The van der Waals surface area contributed by atoms with E-state index in [9.17, 15) is 19.2 Å². The fourth-order valence-corrected chi connectivity index (χ4v) is 3.79. The number of likely N-dealkylation sites (tertiary alicyclic amines) is 1. The highest BCUT2D eigenvalue weighted by molar-refractivity contribution is 6.01. The van der Waals surface area contributed by atoms with Crippen LogP contribution in [0.15, 0.2) is 24.3 Å². The summed E-state index contributed by atoms with van der Waals surface area (Å²) in [7, 11) is 0. The molecule has 1 atom stereocenters. The number of nitrogens with one attached hydrogen (secondary N) is 1. The summed E-state index contributed by atoms with van der Waals surface area (Å²) in [6.07, 6.45) is 5.59. The molecule has 0 unspecified atom stereocenters. The Morgan fingerprint density at radius 1 is 1.07 bits per heavy atom. The first-order chi connectivity index (χ1) is 13.9. The van der Waals surface area contributed by atoms with Crippen LogP contribution in [0.4, 0.5) is 0 Å². The van der Waals surface area contributed by atoms with Gasteiger partial charge in [-0.3, -0.25) is 19.3 Å². The zero-order chi connectivity index (χ0) is 20.8. The molecule has 1 saturated heterocycles. The molecule has 29 heavy (non-hydrogen) atoms. The number of ether oxygens (including phenoxy) is 1. The zero-order valence-electron chi connectivity index (χ0n) is 16.8. The topological polar surface area (TPSA) is 92.8 Å². The molecule has 156 valence electrons. The fourth-order valence-electron chi connectivity index (χ4n) is 3.79. The van der Waals surface area contributed by atoms with Crippen molar-refractivity contribution in [3.05, 3.63) is 35.4 Å². The standard InChI is InChI=1S/C22H28N2O5/c1-15(21(27)23-13-16-5-3-2-4-6-16)29-22(28)18-9-7-17(8-10-18)14-24-19(25)11-12-20(24)26/h7-10,15-16H,2-6,11-14H2,1H3,(H,23,27)/t15-/m1/s1. The van der Waals surface area contributed by atoms with Crippen LogP contribution in [0.3, 0.4) is 0 Å². The summed E-state index contributed by atoms with van der Waals surface area (Å²) in [4.78, 5) is 49.1. The van der Waals surface area contributed by atoms with Crippen molar-refractivity contribution in [2.24, 2.45) is 5.92 Å². The molecule has 1 saturated carbocycles. The van der Waals surface area contributed by atoms with Crippen molar-refractivity contribution < 1.29 is 23.9 Å². The van der Waals surface area contributed by atoms with Crippen LogP contribution in [-0.2, 0) is 25.7 Å². The quantitative estimate of drug-likeness (QED) is 0.561. The molecule has 7 nitrogen and oxygen atoms in total. The maximum atomic E-state index is 12.3. The summed E-state index contributed by atoms with van der Waals surface area (Å²) < 4.78 is 5.28. The molecule has 1 aliphatic heterocycles. The summed E-state index contributed by atoms with van der Waals surface area (Å²) in [5.74, 6) is -0.701. The second-order valence-corrected chi connectivity index (χ2v) is 7.87. The van der Waals surface area contributed by atoms with E-state index >= 15 is 0 Å². The SMILES string of the molecule is C[C@@H](OC(=O)c1ccc(CN2C(=O)CCC2=O)cc1)C(=O)NCC1CCCCC1. The van der Waals surface area contributed by atoms with Gasteiger partial charge < -0.3 is 10.1 Å². The van der Waals surface area contributed by atoms with Crippen molar-refractivity contribution in [1.82, 2.24) is 10.2 Å². The maximum Gasteiger partial charge on any atom is 0.338 e. The number of nitrogens with zero attached hydrogens (tertiary/aromatic N) is 1. The highest BCUT2D eigenvalue weighted by Gasteiger charge is 2.28. The van der Waals surface area contributed by atoms with Crippen molar-refractivity contribution in [3.8, 4) is 0 Å². The highest BCUT2D eigenvalue weighted by atomic mass is 16.5. The van der Waals surface area contributed by atoms with Gasteiger partial charge in [-0.1, -0.05) is 31.4 Å². The van der Waals surface area contributed by atoms with Crippen LogP contribution < -0.4 is 5.32 Å². The number of amides is 3. The maximum absolute atomic E-state index is 12.3. The van der Waals surface area contributed by atoms with E-state index < -0.39 is 12.1 Å². The Labute approximate surface area is 170 Å². The van der Waals surface area contributed by atoms with Gasteiger partial charge in [-0.05, 0) is 43.4 Å². The van der Waals surface area contributed by atoms with Crippen molar-refractivity contribution in [1.29, 1.82) is 0 Å². The molecule has 1 heterocycles. The van der Waals surface area contributed by atoms with Crippen molar-refractivity contribution in [3.63, 3.8) is 0 Å². The number of benzene rings is 1. The van der Waals surface area contributed by atoms with E-state index in [0.29, 0.717) is 18.0 Å². The molecule has 1 aliphatic carbocycles. The molecule has 1 aromatic carbocycles. The lowest BCUT2D eigenvalue weighted by atomic mass is 9.89. The summed E-state index contributed by atoms with van der Waals surface area (Å²) in [6, 6.07) is 6.53. The van der Waals surface area contributed by atoms with Crippen molar-refractivity contribution >= 4 is 23.7 Å². The van der Waals surface area contributed by atoms with E-state index in [1.54, 1.807) is 31.2 Å². The molecule has 7 heteroatoms. The molecule has 3 rings (SSSR count). The monoisotopic (exact) mass is 400 g/mol. The molecule has 3 amide bonds. The van der Waals surface area contributed by atoms with Gasteiger partial charge in [0.2, 0.25) is 11.8 Å². The smallest absolute Gasteiger partial charge is 0.338 e. The van der Waals surface area contributed by atoms with Gasteiger partial charge in [0, 0.05) is 19.4 Å². The van der Waals surface area contributed by atoms with Gasteiger partial charge in [0.05, 0.1) is 12.1 Å². The van der Waals surface area contributed by atoms with Crippen molar-refractivity contribution in [2.45, 2.75) is 64.5 Å². The molecule has 1 N–H and O–H groups in total. The van der Waals surface area contributed by atoms with E-state index in [1.807, 2.05) is 0 Å². The lowest BCUT2D eigenvalue weighted by Gasteiger charge is -2.22. The summed E-state index contributed by atoms with van der Waals surface area (Å²) in [6.45, 7) is 2.39. The number of rotatable bonds is 7. The number of imide groups is 1. The molecular formula is C22H28N2O5. The van der Waals surface area contributed by atoms with Crippen LogP contribution in [0.5, 0.6) is 0 Å². The van der Waals surface area contributed by atoms with E-state index in [4.69, 9.17) is 4.74 Å². The Kier molecular flexibility index (Phi) is 7.01. The van der Waals surface area contributed by atoms with E-state index in [2.05, 4.69) is 5.32 Å². The lowest BCUT2D eigenvalue weighted by molar-refractivity contribution is -0.139. The highest BCUT2D eigenvalue weighted by Crippen LogP contribution is 2.22. The summed E-state index contributed by atoms with van der Waals surface area (Å²) >= 11 is 0.